The fraction of sp³-hybridized carbons (Fsp3) is 0.955. The molecule has 0 bridgehead atoms. The number of hydrogen-bond acceptors (Lipinski definition) is 13. The van der Waals surface area contributed by atoms with Gasteiger partial charge in [-0.2, -0.15) is 13.9 Å². The molecule has 0 aromatic heterocycles. The van der Waals surface area contributed by atoms with E-state index < -0.39 is 21.8 Å². The van der Waals surface area contributed by atoms with E-state index >= 15 is 0 Å². The molecule has 0 rings (SSSR count). The molecule has 15 heteroatoms. The molecule has 0 radical (unpaired) electrons. The van der Waals surface area contributed by atoms with Crippen molar-refractivity contribution in [2.75, 3.05) is 112 Å². The molecule has 0 atom stereocenters. The van der Waals surface area contributed by atoms with Gasteiger partial charge in [0.2, 0.25) is 0 Å². The predicted molar refractivity (Wildman–Crippen MR) is 132 cm³/mol. The van der Waals surface area contributed by atoms with Crippen LogP contribution in [0.5, 0.6) is 0 Å². The van der Waals surface area contributed by atoms with Crippen LogP contribution in [-0.2, 0) is 57.0 Å². The number of ether oxygens (including phenoxy) is 8. The van der Waals surface area contributed by atoms with E-state index in [1.165, 1.54) is 0 Å². The Bertz CT molecular complexity index is 629. The fourth-order valence-electron chi connectivity index (χ4n) is 2.18. The molecule has 0 unspecified atom stereocenters. The van der Waals surface area contributed by atoms with E-state index in [4.69, 9.17) is 42.7 Å². The quantitative estimate of drug-likeness (QED) is 0.0884. The van der Waals surface area contributed by atoms with Crippen molar-refractivity contribution in [1.29, 1.82) is 0 Å². The lowest BCUT2D eigenvalue weighted by atomic mass is 10.2. The molecule has 0 fully saturated rings. The molecule has 0 aliphatic heterocycles. The molecule has 0 heterocycles. The summed E-state index contributed by atoms with van der Waals surface area (Å²) in [6.07, 6.45) is 0.346. The summed E-state index contributed by atoms with van der Waals surface area (Å²) >= 11 is 0. The van der Waals surface area contributed by atoms with Crippen molar-refractivity contribution in [3.8, 4) is 0 Å². The zero-order chi connectivity index (χ0) is 27.7. The number of rotatable bonds is 26. The van der Waals surface area contributed by atoms with Crippen LogP contribution in [0.3, 0.4) is 0 Å². The topological polar surface area (TPSA) is 156 Å². The monoisotopic (exact) mass is 563 g/mol. The Kier molecular flexibility index (Phi) is 23.2. The number of hydrogen-bond donors (Lipinski definition) is 1. The first kappa shape index (κ1) is 35.9. The Morgan fingerprint density at radius 3 is 1.16 bits per heavy atom. The highest BCUT2D eigenvalue weighted by Gasteiger charge is 2.15. The van der Waals surface area contributed by atoms with Crippen molar-refractivity contribution in [1.82, 2.24) is 5.48 Å². The van der Waals surface area contributed by atoms with Gasteiger partial charge in [-0.15, -0.1) is 0 Å². The van der Waals surface area contributed by atoms with Crippen molar-refractivity contribution in [2.45, 2.75) is 26.4 Å². The normalized spacial score (nSPS) is 12.1. The molecule has 0 saturated heterocycles. The van der Waals surface area contributed by atoms with Crippen LogP contribution in [-0.4, -0.2) is 132 Å². The van der Waals surface area contributed by atoms with Crippen molar-refractivity contribution < 1.29 is 60.1 Å². The first-order valence-electron chi connectivity index (χ1n) is 12.1. The van der Waals surface area contributed by atoms with E-state index in [1.807, 2.05) is 0 Å². The number of amides is 1. The van der Waals surface area contributed by atoms with Gasteiger partial charge in [-0.25, -0.2) is 4.79 Å². The van der Waals surface area contributed by atoms with Gasteiger partial charge >= 0.3 is 6.09 Å². The zero-order valence-corrected chi connectivity index (χ0v) is 23.3. The minimum absolute atomic E-state index is 0.00696. The molecule has 0 spiro atoms. The lowest BCUT2D eigenvalue weighted by molar-refractivity contribution is -0.0380. The molecule has 14 nitrogen and oxygen atoms in total. The standard InChI is InChI=1S/C22H45NO13S/c1-22(2,3)36-21(24)23-34-19-17-32-15-13-30-11-9-28-7-5-27-6-8-29-10-12-31-14-16-33-18-20-35-37(4,25)26/h5-20H2,1-4H3,(H,23,24). The Labute approximate surface area is 220 Å². The highest BCUT2D eigenvalue weighted by atomic mass is 32.2. The third-order valence-electron chi connectivity index (χ3n) is 3.64. The Morgan fingerprint density at radius 1 is 0.568 bits per heavy atom. The summed E-state index contributed by atoms with van der Waals surface area (Å²) in [5, 5.41) is 0. The summed E-state index contributed by atoms with van der Waals surface area (Å²) in [4.78, 5) is 16.3. The molecule has 0 aromatic carbocycles. The zero-order valence-electron chi connectivity index (χ0n) is 22.5. The van der Waals surface area contributed by atoms with Crippen LogP contribution in [0, 0.1) is 0 Å². The lowest BCUT2D eigenvalue weighted by Gasteiger charge is -2.19. The second kappa shape index (κ2) is 23.9. The van der Waals surface area contributed by atoms with Gasteiger partial charge in [0, 0.05) is 0 Å². The van der Waals surface area contributed by atoms with E-state index in [0.717, 1.165) is 6.26 Å². The van der Waals surface area contributed by atoms with Gasteiger partial charge in [0.15, 0.2) is 0 Å². The van der Waals surface area contributed by atoms with Gasteiger partial charge in [0.05, 0.1) is 112 Å². The number of carbonyl (C=O) groups is 1. The third kappa shape index (κ3) is 32.8. The second-order valence-electron chi connectivity index (χ2n) is 8.27. The minimum Gasteiger partial charge on any atom is -0.442 e. The second-order valence-corrected chi connectivity index (χ2v) is 9.91. The Hall–Kier alpha value is -1.14. The van der Waals surface area contributed by atoms with E-state index in [0.29, 0.717) is 85.9 Å². The smallest absolute Gasteiger partial charge is 0.431 e. The predicted octanol–water partition coefficient (Wildman–Crippen LogP) is 0.535. The van der Waals surface area contributed by atoms with Crippen LogP contribution in [0.15, 0.2) is 0 Å². The van der Waals surface area contributed by atoms with Crippen LogP contribution >= 0.6 is 0 Å². The maximum absolute atomic E-state index is 11.3. The highest BCUT2D eigenvalue weighted by molar-refractivity contribution is 7.85. The molecule has 0 aliphatic carbocycles. The molecule has 1 N–H and O–H groups in total. The average Bonchev–Trinajstić information content (AvgIpc) is 2.79. The van der Waals surface area contributed by atoms with Crippen LogP contribution in [0.25, 0.3) is 0 Å². The first-order chi connectivity index (χ1) is 17.6. The van der Waals surface area contributed by atoms with E-state index in [-0.39, 0.29) is 19.8 Å². The van der Waals surface area contributed by atoms with Gasteiger partial charge < -0.3 is 37.9 Å². The molecule has 0 aliphatic rings. The number of carbonyl (C=O) groups excluding carboxylic acids is 1. The fourth-order valence-corrected chi connectivity index (χ4v) is 2.55. The van der Waals surface area contributed by atoms with Crippen LogP contribution < -0.4 is 5.48 Å². The van der Waals surface area contributed by atoms with E-state index in [1.54, 1.807) is 20.8 Å². The summed E-state index contributed by atoms with van der Waals surface area (Å²) in [6, 6.07) is 0. The molecular weight excluding hydrogens is 518 g/mol. The van der Waals surface area contributed by atoms with Gasteiger partial charge in [0.1, 0.15) is 5.60 Å². The SMILES string of the molecule is CC(C)(C)OC(=O)NOCCOCCOCCOCCOCCOCCOCCOCCOS(C)(=O)=O. The average molecular weight is 564 g/mol. The molecular formula is C22H45NO13S. The molecule has 222 valence electrons. The Balaban J connectivity index is 3.13. The largest absolute Gasteiger partial charge is 0.442 e. The van der Waals surface area contributed by atoms with Crippen LogP contribution in [0.1, 0.15) is 20.8 Å². The van der Waals surface area contributed by atoms with Crippen molar-refractivity contribution in [2.24, 2.45) is 0 Å². The third-order valence-corrected chi connectivity index (χ3v) is 4.24. The molecule has 1 amide bonds. The maximum Gasteiger partial charge on any atom is 0.431 e. The van der Waals surface area contributed by atoms with Gasteiger partial charge in [-0.1, -0.05) is 0 Å². The first-order valence-corrected chi connectivity index (χ1v) is 13.9. The van der Waals surface area contributed by atoms with E-state index in [2.05, 4.69) is 9.66 Å². The summed E-state index contributed by atoms with van der Waals surface area (Å²) in [6.45, 7) is 11.1. The van der Waals surface area contributed by atoms with Crippen molar-refractivity contribution >= 4 is 16.2 Å². The van der Waals surface area contributed by atoms with E-state index in [9.17, 15) is 13.2 Å². The maximum atomic E-state index is 11.3. The van der Waals surface area contributed by atoms with Crippen LogP contribution in [0.4, 0.5) is 4.79 Å². The number of nitrogens with one attached hydrogen (secondary N) is 1. The highest BCUT2D eigenvalue weighted by Crippen LogP contribution is 2.06. The summed E-state index contributed by atoms with van der Waals surface area (Å²) in [5.74, 6) is 0. The van der Waals surface area contributed by atoms with Crippen LogP contribution in [0.2, 0.25) is 0 Å². The summed E-state index contributed by atoms with van der Waals surface area (Å²) in [7, 11) is -3.42. The molecule has 0 aromatic rings. The van der Waals surface area contributed by atoms with Gasteiger partial charge in [-0.3, -0.25) is 9.02 Å². The summed E-state index contributed by atoms with van der Waals surface area (Å²) in [5.41, 5.74) is 1.60. The van der Waals surface area contributed by atoms with Crippen molar-refractivity contribution in [3.63, 3.8) is 0 Å². The lowest BCUT2D eigenvalue weighted by Crippen LogP contribution is -2.33. The summed E-state index contributed by atoms with van der Waals surface area (Å²) < 4.78 is 68.4. The molecule has 37 heavy (non-hydrogen) atoms. The van der Waals surface area contributed by atoms with Crippen molar-refractivity contribution in [3.05, 3.63) is 0 Å². The van der Waals surface area contributed by atoms with Gasteiger partial charge in [0.25, 0.3) is 10.1 Å². The molecule has 0 saturated carbocycles. The number of hydroxylamine groups is 1. The van der Waals surface area contributed by atoms with Gasteiger partial charge in [-0.05, 0) is 20.8 Å². The minimum atomic E-state index is -3.42. The Morgan fingerprint density at radius 2 is 0.865 bits per heavy atom.